The van der Waals surface area contributed by atoms with Crippen LogP contribution in [0.3, 0.4) is 0 Å². The number of thioether (sulfide) groups is 1. The SMILES string of the molecule is COCCCN1C(=O)S/C(=C\c2ccc(-c3ccc(Br)cc3)o2)C1=O. The highest BCUT2D eigenvalue weighted by molar-refractivity contribution is 9.10. The monoisotopic (exact) mass is 421 g/mol. The molecule has 1 aliphatic rings. The first kappa shape index (κ1) is 18.0. The first-order valence-corrected chi connectivity index (χ1v) is 9.29. The summed E-state index contributed by atoms with van der Waals surface area (Å²) in [5, 5.41) is -0.257. The Kier molecular flexibility index (Phi) is 5.78. The smallest absolute Gasteiger partial charge is 0.293 e. The van der Waals surface area contributed by atoms with Crippen molar-refractivity contribution in [2.24, 2.45) is 0 Å². The van der Waals surface area contributed by atoms with Gasteiger partial charge in [-0.1, -0.05) is 28.1 Å². The third kappa shape index (κ3) is 4.23. The number of rotatable bonds is 6. The van der Waals surface area contributed by atoms with E-state index in [0.717, 1.165) is 21.8 Å². The maximum atomic E-state index is 12.4. The van der Waals surface area contributed by atoms with Crippen molar-refractivity contribution in [1.82, 2.24) is 4.90 Å². The Morgan fingerprint density at radius 1 is 1.20 bits per heavy atom. The molecule has 0 radical (unpaired) electrons. The Labute approximate surface area is 158 Å². The molecular weight excluding hydrogens is 406 g/mol. The van der Waals surface area contributed by atoms with Crippen molar-refractivity contribution in [1.29, 1.82) is 0 Å². The lowest BCUT2D eigenvalue weighted by Gasteiger charge is -2.11. The summed E-state index contributed by atoms with van der Waals surface area (Å²) in [6.45, 7) is 0.869. The second kappa shape index (κ2) is 8.03. The second-order valence-corrected chi connectivity index (χ2v) is 7.30. The fourth-order valence-corrected chi connectivity index (χ4v) is 3.50. The van der Waals surface area contributed by atoms with Gasteiger partial charge in [-0.3, -0.25) is 14.5 Å². The molecule has 25 heavy (non-hydrogen) atoms. The molecule has 1 saturated heterocycles. The minimum Gasteiger partial charge on any atom is -0.457 e. The molecule has 0 unspecified atom stereocenters. The first-order valence-electron chi connectivity index (χ1n) is 7.68. The zero-order valence-corrected chi connectivity index (χ0v) is 15.9. The summed E-state index contributed by atoms with van der Waals surface area (Å²) in [6.07, 6.45) is 2.24. The van der Waals surface area contributed by atoms with Crippen LogP contribution in [0.25, 0.3) is 17.4 Å². The van der Waals surface area contributed by atoms with Gasteiger partial charge in [0.05, 0.1) is 4.91 Å². The van der Waals surface area contributed by atoms with Gasteiger partial charge in [-0.15, -0.1) is 0 Å². The van der Waals surface area contributed by atoms with Gasteiger partial charge in [0, 0.05) is 36.4 Å². The van der Waals surface area contributed by atoms with Crippen LogP contribution in [0.5, 0.6) is 0 Å². The van der Waals surface area contributed by atoms with Crippen LogP contribution in [0.1, 0.15) is 12.2 Å². The first-order chi connectivity index (χ1) is 12.1. The largest absolute Gasteiger partial charge is 0.457 e. The summed E-state index contributed by atoms with van der Waals surface area (Å²) in [5.41, 5.74) is 0.940. The van der Waals surface area contributed by atoms with E-state index in [-0.39, 0.29) is 11.1 Å². The molecule has 0 saturated carbocycles. The lowest BCUT2D eigenvalue weighted by molar-refractivity contribution is -0.122. The number of methoxy groups -OCH3 is 1. The second-order valence-electron chi connectivity index (χ2n) is 5.39. The lowest BCUT2D eigenvalue weighted by Crippen LogP contribution is -2.29. The molecule has 2 aromatic rings. The molecular formula is C18H16BrNO4S. The number of nitrogens with zero attached hydrogens (tertiary/aromatic N) is 1. The zero-order valence-electron chi connectivity index (χ0n) is 13.5. The number of imide groups is 1. The van der Waals surface area contributed by atoms with Crippen LogP contribution in [0.15, 0.2) is 50.2 Å². The van der Waals surface area contributed by atoms with Crippen molar-refractivity contribution >= 4 is 44.9 Å². The Bertz CT molecular complexity index is 813. The molecule has 1 aliphatic heterocycles. The van der Waals surface area contributed by atoms with Gasteiger partial charge >= 0.3 is 0 Å². The van der Waals surface area contributed by atoms with Crippen molar-refractivity contribution in [3.63, 3.8) is 0 Å². The van der Waals surface area contributed by atoms with Crippen LogP contribution >= 0.6 is 27.7 Å². The molecule has 0 N–H and O–H groups in total. The summed E-state index contributed by atoms with van der Waals surface area (Å²) < 4.78 is 11.7. The van der Waals surface area contributed by atoms with E-state index in [9.17, 15) is 9.59 Å². The number of amides is 2. The molecule has 0 spiro atoms. The third-order valence-corrected chi connectivity index (χ3v) is 5.07. The van der Waals surface area contributed by atoms with Crippen LogP contribution in [0.2, 0.25) is 0 Å². The van der Waals surface area contributed by atoms with E-state index >= 15 is 0 Å². The van der Waals surface area contributed by atoms with Gasteiger partial charge in [0.2, 0.25) is 0 Å². The van der Waals surface area contributed by atoms with Gasteiger partial charge in [0.15, 0.2) is 0 Å². The van der Waals surface area contributed by atoms with Gasteiger partial charge in [0.25, 0.3) is 11.1 Å². The van der Waals surface area contributed by atoms with E-state index < -0.39 is 0 Å². The van der Waals surface area contributed by atoms with Gasteiger partial charge in [-0.2, -0.15) is 0 Å². The molecule has 130 valence electrons. The van der Waals surface area contributed by atoms with E-state index in [2.05, 4.69) is 15.9 Å². The third-order valence-electron chi connectivity index (χ3n) is 3.63. The number of halogens is 1. The number of ether oxygens (including phenoxy) is 1. The minimum absolute atomic E-state index is 0.257. The molecule has 1 fully saturated rings. The Morgan fingerprint density at radius 3 is 2.68 bits per heavy atom. The standard InChI is InChI=1S/C18H16BrNO4S/c1-23-10-2-9-20-17(21)16(25-18(20)22)11-14-7-8-15(24-14)12-3-5-13(19)6-4-12/h3-8,11H,2,9-10H2,1H3/b16-11-. The summed E-state index contributed by atoms with van der Waals surface area (Å²) in [5.74, 6) is 0.964. The molecule has 0 aliphatic carbocycles. The van der Waals surface area contributed by atoms with Crippen molar-refractivity contribution < 1.29 is 18.7 Å². The van der Waals surface area contributed by atoms with Gasteiger partial charge in [-0.05, 0) is 42.4 Å². The number of carbonyl (C=O) groups is 2. The number of furan rings is 1. The van der Waals surface area contributed by atoms with Crippen molar-refractivity contribution in [2.45, 2.75) is 6.42 Å². The van der Waals surface area contributed by atoms with Gasteiger partial charge in [0.1, 0.15) is 11.5 Å². The van der Waals surface area contributed by atoms with Crippen LogP contribution in [0, 0.1) is 0 Å². The molecule has 1 aromatic carbocycles. The number of hydrogen-bond acceptors (Lipinski definition) is 5. The average Bonchev–Trinajstić information content (AvgIpc) is 3.16. The highest BCUT2D eigenvalue weighted by Gasteiger charge is 2.34. The lowest BCUT2D eigenvalue weighted by atomic mass is 10.2. The molecule has 1 aromatic heterocycles. The van der Waals surface area contributed by atoms with Gasteiger partial charge in [-0.25, -0.2) is 0 Å². The Balaban J connectivity index is 1.74. The highest BCUT2D eigenvalue weighted by atomic mass is 79.9. The number of carbonyl (C=O) groups excluding carboxylic acids is 2. The van der Waals surface area contributed by atoms with Crippen LogP contribution in [-0.2, 0) is 9.53 Å². The molecule has 7 heteroatoms. The zero-order chi connectivity index (χ0) is 17.8. The van der Waals surface area contributed by atoms with E-state index in [0.29, 0.717) is 36.0 Å². The summed E-state index contributed by atoms with van der Waals surface area (Å²) >= 11 is 4.33. The predicted octanol–water partition coefficient (Wildman–Crippen LogP) is 4.78. The average molecular weight is 422 g/mol. The normalized spacial score (nSPS) is 16.2. The van der Waals surface area contributed by atoms with E-state index in [4.69, 9.17) is 9.15 Å². The Hall–Kier alpha value is -1.83. The van der Waals surface area contributed by atoms with E-state index in [1.54, 1.807) is 19.3 Å². The summed E-state index contributed by atoms with van der Waals surface area (Å²) in [6, 6.07) is 11.4. The van der Waals surface area contributed by atoms with Crippen molar-refractivity contribution in [3.8, 4) is 11.3 Å². The van der Waals surface area contributed by atoms with Crippen molar-refractivity contribution in [3.05, 3.63) is 51.5 Å². The van der Waals surface area contributed by atoms with E-state index in [1.165, 1.54) is 4.90 Å². The number of hydrogen-bond donors (Lipinski definition) is 0. The fourth-order valence-electron chi connectivity index (χ4n) is 2.39. The molecule has 2 heterocycles. The van der Waals surface area contributed by atoms with Crippen LogP contribution in [-0.4, -0.2) is 36.3 Å². The Morgan fingerprint density at radius 2 is 1.96 bits per heavy atom. The molecule has 3 rings (SSSR count). The summed E-state index contributed by atoms with van der Waals surface area (Å²) in [4.78, 5) is 26.0. The van der Waals surface area contributed by atoms with Crippen LogP contribution < -0.4 is 0 Å². The number of benzene rings is 1. The quantitative estimate of drug-likeness (QED) is 0.495. The van der Waals surface area contributed by atoms with Gasteiger partial charge < -0.3 is 9.15 Å². The fraction of sp³-hybridized carbons (Fsp3) is 0.222. The topological polar surface area (TPSA) is 59.8 Å². The molecule has 2 amide bonds. The predicted molar refractivity (Wildman–Crippen MR) is 101 cm³/mol. The maximum Gasteiger partial charge on any atom is 0.293 e. The van der Waals surface area contributed by atoms with E-state index in [1.807, 2.05) is 30.3 Å². The van der Waals surface area contributed by atoms with Crippen LogP contribution in [0.4, 0.5) is 4.79 Å². The summed E-state index contributed by atoms with van der Waals surface area (Å²) in [7, 11) is 1.59. The molecule has 5 nitrogen and oxygen atoms in total. The van der Waals surface area contributed by atoms with Crippen molar-refractivity contribution in [2.75, 3.05) is 20.3 Å². The highest BCUT2D eigenvalue weighted by Crippen LogP contribution is 2.33. The molecule has 0 atom stereocenters. The molecule has 0 bridgehead atoms. The maximum absolute atomic E-state index is 12.4. The minimum atomic E-state index is -0.285.